The second-order valence-corrected chi connectivity index (χ2v) is 9.15. The van der Waals surface area contributed by atoms with Crippen molar-refractivity contribution in [2.75, 3.05) is 4.72 Å². The van der Waals surface area contributed by atoms with Crippen molar-refractivity contribution in [1.29, 1.82) is 0 Å². The number of hydrogen-bond acceptors (Lipinski definition) is 8. The molecule has 0 saturated carbocycles. The van der Waals surface area contributed by atoms with E-state index in [0.29, 0.717) is 11.6 Å². The third-order valence-electron chi connectivity index (χ3n) is 4.57. The number of amides is 1. The lowest BCUT2D eigenvalue weighted by molar-refractivity contribution is -0.137. The lowest BCUT2D eigenvalue weighted by Crippen LogP contribution is -2.19. The molecule has 4 rings (SSSR count). The molecule has 0 atom stereocenters. The third-order valence-corrected chi connectivity index (χ3v) is 6.26. The summed E-state index contributed by atoms with van der Waals surface area (Å²) in [4.78, 5) is 15.3. The number of pyridine rings is 1. The molecule has 3 N–H and O–H groups in total. The summed E-state index contributed by atoms with van der Waals surface area (Å²) in [7, 11) is -4.57. The van der Waals surface area contributed by atoms with Gasteiger partial charge in [0.05, 0.1) is 21.2 Å². The Morgan fingerprint density at radius 2 is 1.94 bits per heavy atom. The fourth-order valence-corrected chi connectivity index (χ4v) is 4.36. The van der Waals surface area contributed by atoms with Gasteiger partial charge in [0.15, 0.2) is 11.6 Å². The SMILES string of the molecule is Cc1cnc(-c2nnc(C(N)=O)n2-c2ccon2)c(NS(=O)(=O)c2ccc(Cl)c(C(F)(F)F)c2)c1. The number of halogens is 4. The average molecular weight is 528 g/mol. The highest BCUT2D eigenvalue weighted by Crippen LogP contribution is 2.37. The molecule has 0 aliphatic carbocycles. The van der Waals surface area contributed by atoms with Crippen molar-refractivity contribution >= 4 is 33.2 Å². The number of carbonyl (C=O) groups is 1. The predicted octanol–water partition coefficient (Wildman–Crippen LogP) is 3.20. The van der Waals surface area contributed by atoms with Crippen molar-refractivity contribution in [3.8, 4) is 17.3 Å². The van der Waals surface area contributed by atoms with Gasteiger partial charge in [-0.1, -0.05) is 16.8 Å². The second-order valence-electron chi connectivity index (χ2n) is 7.06. The number of sulfonamides is 1. The summed E-state index contributed by atoms with van der Waals surface area (Å²) in [6.07, 6.45) is -2.30. The minimum Gasteiger partial charge on any atom is -0.363 e. The van der Waals surface area contributed by atoms with Gasteiger partial charge in [-0.25, -0.2) is 13.0 Å². The van der Waals surface area contributed by atoms with Crippen LogP contribution >= 0.6 is 11.6 Å². The molecule has 3 aromatic heterocycles. The summed E-state index contributed by atoms with van der Waals surface area (Å²) in [5, 5.41) is 10.7. The zero-order valence-corrected chi connectivity index (χ0v) is 19.0. The highest BCUT2D eigenvalue weighted by atomic mass is 35.5. The van der Waals surface area contributed by atoms with Gasteiger partial charge < -0.3 is 10.3 Å². The van der Waals surface area contributed by atoms with Gasteiger partial charge >= 0.3 is 6.18 Å². The Kier molecular flexibility index (Phi) is 5.98. The Morgan fingerprint density at radius 1 is 1.20 bits per heavy atom. The highest BCUT2D eigenvalue weighted by Gasteiger charge is 2.35. The number of aryl methyl sites for hydroxylation is 1. The van der Waals surface area contributed by atoms with E-state index < -0.39 is 37.6 Å². The first-order chi connectivity index (χ1) is 16.4. The Morgan fingerprint density at radius 3 is 2.57 bits per heavy atom. The number of alkyl halides is 3. The number of anilines is 1. The molecule has 4 aromatic rings. The van der Waals surface area contributed by atoms with Crippen molar-refractivity contribution in [3.63, 3.8) is 0 Å². The van der Waals surface area contributed by atoms with E-state index in [9.17, 15) is 26.4 Å². The van der Waals surface area contributed by atoms with Crippen LogP contribution in [0.25, 0.3) is 17.3 Å². The van der Waals surface area contributed by atoms with Gasteiger partial charge in [0.25, 0.3) is 15.9 Å². The number of aromatic nitrogens is 5. The molecule has 0 saturated heterocycles. The summed E-state index contributed by atoms with van der Waals surface area (Å²) in [6, 6.07) is 4.90. The van der Waals surface area contributed by atoms with Crippen molar-refractivity contribution in [1.82, 2.24) is 24.9 Å². The normalized spacial score (nSPS) is 12.0. The fraction of sp³-hybridized carbons (Fsp3) is 0.105. The lowest BCUT2D eigenvalue weighted by atomic mass is 10.2. The van der Waals surface area contributed by atoms with E-state index in [1.807, 2.05) is 0 Å². The monoisotopic (exact) mass is 527 g/mol. The van der Waals surface area contributed by atoms with Gasteiger partial charge in [-0.05, 0) is 36.8 Å². The van der Waals surface area contributed by atoms with Gasteiger partial charge in [0.1, 0.15) is 12.0 Å². The molecule has 16 heteroatoms. The second kappa shape index (κ2) is 8.66. The number of nitrogens with two attached hydrogens (primary N) is 1. The molecule has 0 spiro atoms. The maximum Gasteiger partial charge on any atom is 0.417 e. The number of carbonyl (C=O) groups excluding carboxylic acids is 1. The molecule has 0 fully saturated rings. The summed E-state index contributed by atoms with van der Waals surface area (Å²) in [6.45, 7) is 1.61. The van der Waals surface area contributed by atoms with Crippen LogP contribution in [0.3, 0.4) is 0 Å². The van der Waals surface area contributed by atoms with Crippen LogP contribution in [0.2, 0.25) is 5.02 Å². The molecular formula is C19H13ClF3N7O4S. The van der Waals surface area contributed by atoms with E-state index >= 15 is 0 Å². The first-order valence-corrected chi connectivity index (χ1v) is 11.3. The highest BCUT2D eigenvalue weighted by molar-refractivity contribution is 7.92. The van der Waals surface area contributed by atoms with Gasteiger partial charge in [0.2, 0.25) is 5.82 Å². The quantitative estimate of drug-likeness (QED) is 0.386. The standard InChI is InChI=1S/C19H13ClF3N7O4S/c1-9-6-13(29-35(32,33)10-2-3-12(20)11(7-10)19(21,22)23)15(25-8-9)17-26-27-18(16(24)31)30(17)14-4-5-34-28-14/h2-8,29H,1H3,(H2,24,31). The molecule has 0 aliphatic heterocycles. The largest absolute Gasteiger partial charge is 0.417 e. The summed E-state index contributed by atoms with van der Waals surface area (Å²) >= 11 is 5.60. The minimum absolute atomic E-state index is 0.0440. The van der Waals surface area contributed by atoms with E-state index in [-0.39, 0.29) is 28.8 Å². The summed E-state index contributed by atoms with van der Waals surface area (Å²) in [5.74, 6) is -1.42. The van der Waals surface area contributed by atoms with E-state index in [4.69, 9.17) is 21.9 Å². The van der Waals surface area contributed by atoms with Gasteiger partial charge in [-0.2, -0.15) is 13.2 Å². The topological polar surface area (TPSA) is 159 Å². The van der Waals surface area contributed by atoms with Crippen LogP contribution in [0.15, 0.2) is 52.2 Å². The number of benzene rings is 1. The average Bonchev–Trinajstić information content (AvgIpc) is 3.42. The van der Waals surface area contributed by atoms with Crippen molar-refractivity contribution in [2.45, 2.75) is 18.0 Å². The first-order valence-electron chi connectivity index (χ1n) is 9.41. The molecule has 0 aliphatic rings. The molecule has 182 valence electrons. The van der Waals surface area contributed by atoms with Crippen LogP contribution < -0.4 is 10.5 Å². The van der Waals surface area contributed by atoms with Crippen LogP contribution in [0.1, 0.15) is 21.7 Å². The van der Waals surface area contributed by atoms with Crippen molar-refractivity contribution in [2.24, 2.45) is 5.73 Å². The molecule has 35 heavy (non-hydrogen) atoms. The van der Waals surface area contributed by atoms with Crippen LogP contribution in [0.4, 0.5) is 18.9 Å². The molecule has 1 amide bonds. The summed E-state index contributed by atoms with van der Waals surface area (Å²) < 4.78 is 73.9. The smallest absolute Gasteiger partial charge is 0.363 e. The Balaban J connectivity index is 1.85. The molecule has 1 aromatic carbocycles. The number of nitrogens with zero attached hydrogens (tertiary/aromatic N) is 5. The van der Waals surface area contributed by atoms with E-state index in [2.05, 4.69) is 25.1 Å². The molecule has 0 bridgehead atoms. The molecule has 11 nitrogen and oxygen atoms in total. The van der Waals surface area contributed by atoms with Crippen LogP contribution in [-0.2, 0) is 16.2 Å². The zero-order valence-electron chi connectivity index (χ0n) is 17.4. The Hall–Kier alpha value is -3.98. The molecule has 3 heterocycles. The van der Waals surface area contributed by atoms with Crippen molar-refractivity contribution < 1.29 is 30.9 Å². The number of primary amides is 1. The minimum atomic E-state index is -4.88. The van der Waals surface area contributed by atoms with E-state index in [1.54, 1.807) is 6.92 Å². The number of rotatable bonds is 6. The number of hydrogen-bond donors (Lipinski definition) is 2. The maximum absolute atomic E-state index is 13.2. The first kappa shape index (κ1) is 24.2. The van der Waals surface area contributed by atoms with Gasteiger partial charge in [0, 0.05) is 12.3 Å². The van der Waals surface area contributed by atoms with Crippen molar-refractivity contribution in [3.05, 3.63) is 64.8 Å². The summed E-state index contributed by atoms with van der Waals surface area (Å²) in [5.41, 5.74) is 4.26. The Labute approximate surface area is 199 Å². The van der Waals surface area contributed by atoms with Gasteiger partial charge in [-0.15, -0.1) is 10.2 Å². The third kappa shape index (κ3) is 4.67. The van der Waals surface area contributed by atoms with Crippen LogP contribution in [-0.4, -0.2) is 39.2 Å². The van der Waals surface area contributed by atoms with Crippen LogP contribution in [0, 0.1) is 6.92 Å². The van der Waals surface area contributed by atoms with Gasteiger partial charge in [-0.3, -0.25) is 14.5 Å². The maximum atomic E-state index is 13.2. The molecule has 0 unspecified atom stereocenters. The zero-order chi connectivity index (χ0) is 25.5. The molecular weight excluding hydrogens is 515 g/mol. The van der Waals surface area contributed by atoms with Crippen LogP contribution in [0.5, 0.6) is 0 Å². The fourth-order valence-electron chi connectivity index (χ4n) is 3.05. The Bertz CT molecular complexity index is 1540. The predicted molar refractivity (Wildman–Crippen MR) is 115 cm³/mol. The van der Waals surface area contributed by atoms with E-state index in [1.165, 1.54) is 24.6 Å². The lowest BCUT2D eigenvalue weighted by Gasteiger charge is -2.15. The van der Waals surface area contributed by atoms with E-state index in [0.717, 1.165) is 16.7 Å². The molecule has 0 radical (unpaired) electrons. The number of nitrogens with one attached hydrogen (secondary N) is 1.